The van der Waals surface area contributed by atoms with Crippen molar-refractivity contribution in [2.45, 2.75) is 44.7 Å². The first-order valence-corrected chi connectivity index (χ1v) is 12.7. The van der Waals surface area contributed by atoms with Crippen molar-refractivity contribution in [3.63, 3.8) is 0 Å². The van der Waals surface area contributed by atoms with Gasteiger partial charge in [0.05, 0.1) is 18.7 Å². The van der Waals surface area contributed by atoms with Gasteiger partial charge < -0.3 is 14.5 Å². The fourth-order valence-electron chi connectivity index (χ4n) is 5.72. The van der Waals surface area contributed by atoms with Gasteiger partial charge in [0.1, 0.15) is 5.75 Å². The van der Waals surface area contributed by atoms with Crippen LogP contribution in [-0.4, -0.2) is 79.0 Å². The van der Waals surface area contributed by atoms with E-state index in [2.05, 4.69) is 64.1 Å². The number of nitrogens with zero attached hydrogens (tertiary/aromatic N) is 4. The van der Waals surface area contributed by atoms with E-state index >= 15 is 0 Å². The number of methoxy groups -OCH3 is 1. The van der Waals surface area contributed by atoms with E-state index in [0.717, 1.165) is 76.3 Å². The summed E-state index contributed by atoms with van der Waals surface area (Å²) in [5, 5.41) is 0. The maximum atomic E-state index is 13.2. The van der Waals surface area contributed by atoms with Gasteiger partial charge in [0.2, 0.25) is 5.91 Å². The van der Waals surface area contributed by atoms with E-state index in [1.807, 2.05) is 18.3 Å². The molecule has 0 saturated carbocycles. The predicted molar refractivity (Wildman–Crippen MR) is 136 cm³/mol. The van der Waals surface area contributed by atoms with E-state index in [4.69, 9.17) is 4.74 Å². The Labute approximate surface area is 204 Å². The second kappa shape index (κ2) is 11.8. The Morgan fingerprint density at radius 2 is 1.97 bits per heavy atom. The molecule has 1 aromatic heterocycles. The van der Waals surface area contributed by atoms with Gasteiger partial charge in [-0.1, -0.05) is 18.2 Å². The van der Waals surface area contributed by atoms with E-state index in [-0.39, 0.29) is 5.92 Å². The summed E-state index contributed by atoms with van der Waals surface area (Å²) in [5.74, 6) is 1.99. The van der Waals surface area contributed by atoms with E-state index in [0.29, 0.717) is 17.9 Å². The molecule has 2 aliphatic heterocycles. The van der Waals surface area contributed by atoms with Gasteiger partial charge in [-0.3, -0.25) is 14.7 Å². The van der Waals surface area contributed by atoms with Crippen LogP contribution >= 0.6 is 0 Å². The number of ether oxygens (including phenoxy) is 1. The SMILES string of the molecule is COc1cccc(C[C@@H](C2CCN(C(=O)[C@H]3CCCN(C)C3)CC2)N(C)Cc2ccccn2)c1. The van der Waals surface area contributed by atoms with Crippen LogP contribution < -0.4 is 4.74 Å². The van der Waals surface area contributed by atoms with Crippen molar-refractivity contribution in [1.29, 1.82) is 0 Å². The molecule has 0 N–H and O–H groups in total. The van der Waals surface area contributed by atoms with Crippen molar-refractivity contribution in [3.8, 4) is 5.75 Å². The van der Waals surface area contributed by atoms with Crippen molar-refractivity contribution in [2.75, 3.05) is 47.4 Å². The Kier molecular flexibility index (Phi) is 8.57. The molecule has 2 aromatic rings. The molecule has 34 heavy (non-hydrogen) atoms. The molecule has 2 fully saturated rings. The van der Waals surface area contributed by atoms with Crippen LogP contribution in [0.2, 0.25) is 0 Å². The summed E-state index contributed by atoms with van der Waals surface area (Å²) in [5.41, 5.74) is 2.38. The van der Waals surface area contributed by atoms with Gasteiger partial charge in [0.15, 0.2) is 0 Å². The number of piperidine rings is 2. The van der Waals surface area contributed by atoms with Gasteiger partial charge in [-0.25, -0.2) is 0 Å². The molecule has 0 radical (unpaired) electrons. The summed E-state index contributed by atoms with van der Waals surface area (Å²) < 4.78 is 5.47. The molecule has 2 aliphatic rings. The zero-order valence-corrected chi connectivity index (χ0v) is 21.0. The molecule has 0 unspecified atom stereocenters. The molecule has 2 atom stereocenters. The first kappa shape index (κ1) is 24.7. The van der Waals surface area contributed by atoms with E-state index in [1.54, 1.807) is 7.11 Å². The minimum atomic E-state index is 0.176. The summed E-state index contributed by atoms with van der Waals surface area (Å²) in [6.45, 7) is 4.58. The van der Waals surface area contributed by atoms with Crippen LogP contribution in [0.15, 0.2) is 48.7 Å². The van der Waals surface area contributed by atoms with Gasteiger partial charge in [-0.2, -0.15) is 0 Å². The van der Waals surface area contributed by atoms with Crippen molar-refractivity contribution in [3.05, 3.63) is 59.9 Å². The molecule has 1 amide bonds. The number of likely N-dealkylation sites (tertiary alicyclic amines) is 2. The number of pyridine rings is 1. The Balaban J connectivity index is 1.43. The van der Waals surface area contributed by atoms with Crippen LogP contribution in [0.25, 0.3) is 0 Å². The number of benzene rings is 1. The van der Waals surface area contributed by atoms with Crippen molar-refractivity contribution in [1.82, 2.24) is 19.7 Å². The first-order valence-electron chi connectivity index (χ1n) is 12.7. The lowest BCUT2D eigenvalue weighted by molar-refractivity contribution is -0.139. The van der Waals surface area contributed by atoms with E-state index in [9.17, 15) is 4.79 Å². The third kappa shape index (κ3) is 6.36. The molecule has 6 heteroatoms. The Hall–Kier alpha value is -2.44. The third-order valence-electron chi connectivity index (χ3n) is 7.65. The van der Waals surface area contributed by atoms with Crippen LogP contribution in [0.5, 0.6) is 5.75 Å². The maximum Gasteiger partial charge on any atom is 0.226 e. The van der Waals surface area contributed by atoms with Crippen molar-refractivity contribution in [2.24, 2.45) is 11.8 Å². The fourth-order valence-corrected chi connectivity index (χ4v) is 5.72. The second-order valence-electron chi connectivity index (χ2n) is 10.1. The van der Waals surface area contributed by atoms with Gasteiger partial charge >= 0.3 is 0 Å². The number of rotatable bonds is 8. The smallest absolute Gasteiger partial charge is 0.226 e. The molecular formula is C28H40N4O2. The quantitative estimate of drug-likeness (QED) is 0.596. The highest BCUT2D eigenvalue weighted by atomic mass is 16.5. The average molecular weight is 465 g/mol. The van der Waals surface area contributed by atoms with Gasteiger partial charge in [-0.05, 0) is 88.5 Å². The molecule has 1 aromatic carbocycles. The summed E-state index contributed by atoms with van der Waals surface area (Å²) in [6.07, 6.45) is 7.10. The van der Waals surface area contributed by atoms with Gasteiger partial charge in [0.25, 0.3) is 0 Å². The van der Waals surface area contributed by atoms with Crippen LogP contribution in [-0.2, 0) is 17.8 Å². The molecular weight excluding hydrogens is 424 g/mol. The monoisotopic (exact) mass is 464 g/mol. The minimum absolute atomic E-state index is 0.176. The largest absolute Gasteiger partial charge is 0.497 e. The minimum Gasteiger partial charge on any atom is -0.497 e. The Bertz CT molecular complexity index is 914. The maximum absolute atomic E-state index is 13.2. The number of hydrogen-bond acceptors (Lipinski definition) is 5. The molecule has 0 aliphatic carbocycles. The third-order valence-corrected chi connectivity index (χ3v) is 7.65. The van der Waals surface area contributed by atoms with Gasteiger partial charge in [0, 0.05) is 38.4 Å². The van der Waals surface area contributed by atoms with Gasteiger partial charge in [-0.15, -0.1) is 0 Å². The summed E-state index contributed by atoms with van der Waals surface area (Å²) in [7, 11) is 6.07. The summed E-state index contributed by atoms with van der Waals surface area (Å²) >= 11 is 0. The number of carbonyl (C=O) groups is 1. The van der Waals surface area contributed by atoms with E-state index in [1.165, 1.54) is 5.56 Å². The predicted octanol–water partition coefficient (Wildman–Crippen LogP) is 3.71. The average Bonchev–Trinajstić information content (AvgIpc) is 2.87. The van der Waals surface area contributed by atoms with Crippen molar-refractivity contribution >= 4 is 5.91 Å². The highest BCUT2D eigenvalue weighted by Gasteiger charge is 2.34. The van der Waals surface area contributed by atoms with Crippen molar-refractivity contribution < 1.29 is 9.53 Å². The lowest BCUT2D eigenvalue weighted by Crippen LogP contribution is -2.49. The number of aromatic nitrogens is 1. The molecule has 6 nitrogen and oxygen atoms in total. The van der Waals surface area contributed by atoms with Crippen LogP contribution in [0.4, 0.5) is 0 Å². The Morgan fingerprint density at radius 1 is 1.15 bits per heavy atom. The number of amides is 1. The second-order valence-corrected chi connectivity index (χ2v) is 10.1. The number of likely N-dealkylation sites (N-methyl/N-ethyl adjacent to an activating group) is 1. The van der Waals surface area contributed by atoms with E-state index < -0.39 is 0 Å². The highest BCUT2D eigenvalue weighted by molar-refractivity contribution is 5.79. The highest BCUT2D eigenvalue weighted by Crippen LogP contribution is 2.29. The van der Waals surface area contributed by atoms with Crippen LogP contribution in [0.3, 0.4) is 0 Å². The molecule has 0 spiro atoms. The zero-order chi connectivity index (χ0) is 23.9. The Morgan fingerprint density at radius 3 is 2.68 bits per heavy atom. The molecule has 3 heterocycles. The molecule has 2 saturated heterocycles. The standard InChI is InChI=1S/C28H40N4O2/c1-30-15-7-9-24(20-30)28(33)32-16-12-23(13-17-32)27(19-22-8-6-11-26(18-22)34-3)31(2)21-25-10-4-5-14-29-25/h4-6,8,10-11,14,18,23-24,27H,7,9,12-13,15-17,19-21H2,1-3H3/t24-,27-/m0/s1. The molecule has 4 rings (SSSR count). The lowest BCUT2D eigenvalue weighted by atomic mass is 9.84. The first-order chi connectivity index (χ1) is 16.5. The normalized spacial score (nSPS) is 20.9. The fraction of sp³-hybridized carbons (Fsp3) is 0.571. The summed E-state index contributed by atoms with van der Waals surface area (Å²) in [6, 6.07) is 14.9. The molecule has 184 valence electrons. The number of hydrogen-bond donors (Lipinski definition) is 0. The van der Waals surface area contributed by atoms with Crippen LogP contribution in [0, 0.1) is 11.8 Å². The number of carbonyl (C=O) groups excluding carboxylic acids is 1. The molecule has 0 bridgehead atoms. The zero-order valence-electron chi connectivity index (χ0n) is 21.0. The topological polar surface area (TPSA) is 48.9 Å². The summed E-state index contributed by atoms with van der Waals surface area (Å²) in [4.78, 5) is 24.6. The lowest BCUT2D eigenvalue weighted by Gasteiger charge is -2.41. The van der Waals surface area contributed by atoms with Crippen LogP contribution in [0.1, 0.15) is 36.9 Å².